The average molecular weight is 382 g/mol. The molecule has 148 valence electrons. The fraction of sp³-hybridized carbons (Fsp3) is 0.364. The Hall–Kier alpha value is -2.86. The summed E-state index contributed by atoms with van der Waals surface area (Å²) in [6, 6.07) is 11.5. The van der Waals surface area contributed by atoms with Crippen LogP contribution in [0.3, 0.4) is 0 Å². The number of aliphatic hydroxyl groups excluding tert-OH is 1. The number of hydrogen-bond acceptors (Lipinski definition) is 5. The van der Waals surface area contributed by atoms with Crippen LogP contribution in [-0.4, -0.2) is 52.8 Å². The van der Waals surface area contributed by atoms with E-state index in [4.69, 9.17) is 4.42 Å². The van der Waals surface area contributed by atoms with Crippen molar-refractivity contribution < 1.29 is 19.1 Å². The number of aliphatic hydroxyl groups is 1. The first-order chi connectivity index (χ1) is 13.6. The number of rotatable bonds is 8. The van der Waals surface area contributed by atoms with Gasteiger partial charge in [-0.2, -0.15) is 0 Å². The lowest BCUT2D eigenvalue weighted by molar-refractivity contribution is -0.140. The molecule has 2 heterocycles. The van der Waals surface area contributed by atoms with E-state index in [1.807, 2.05) is 6.07 Å². The highest BCUT2D eigenvalue weighted by atomic mass is 16.3. The summed E-state index contributed by atoms with van der Waals surface area (Å²) in [4.78, 5) is 29.3. The molecule has 1 N–H and O–H groups in total. The second-order valence-electron chi connectivity index (χ2n) is 6.75. The number of furan rings is 1. The van der Waals surface area contributed by atoms with Crippen LogP contribution in [-0.2, 0) is 9.59 Å². The van der Waals surface area contributed by atoms with E-state index in [-0.39, 0.29) is 11.3 Å². The monoisotopic (exact) mass is 382 g/mol. The fourth-order valence-corrected chi connectivity index (χ4v) is 3.61. The third-order valence-corrected chi connectivity index (χ3v) is 5.17. The van der Waals surface area contributed by atoms with E-state index in [1.165, 1.54) is 11.2 Å². The summed E-state index contributed by atoms with van der Waals surface area (Å²) < 4.78 is 5.53. The second kappa shape index (κ2) is 8.89. The highest BCUT2D eigenvalue weighted by molar-refractivity contribution is 6.46. The summed E-state index contributed by atoms with van der Waals surface area (Å²) in [6.45, 7) is 7.31. The third-order valence-electron chi connectivity index (χ3n) is 5.17. The van der Waals surface area contributed by atoms with Crippen LogP contribution in [0.25, 0.3) is 5.76 Å². The van der Waals surface area contributed by atoms with Gasteiger partial charge in [-0.15, -0.1) is 0 Å². The van der Waals surface area contributed by atoms with E-state index in [1.54, 1.807) is 36.4 Å². The van der Waals surface area contributed by atoms with Gasteiger partial charge >= 0.3 is 0 Å². The molecule has 6 heteroatoms. The van der Waals surface area contributed by atoms with Crippen molar-refractivity contribution >= 4 is 17.4 Å². The number of hydrogen-bond donors (Lipinski definition) is 1. The SMILES string of the molecule is CCN(CC)CCCN1C(=O)C(=O)/C(=C(/O)c2ccccc2)[C@@H]1c1ccco1. The molecule has 3 rings (SSSR count). The van der Waals surface area contributed by atoms with Gasteiger partial charge in [-0.3, -0.25) is 9.59 Å². The smallest absolute Gasteiger partial charge is 0.295 e. The molecule has 0 spiro atoms. The van der Waals surface area contributed by atoms with Crippen molar-refractivity contribution in [2.45, 2.75) is 26.3 Å². The summed E-state index contributed by atoms with van der Waals surface area (Å²) in [5.74, 6) is -0.977. The number of amides is 1. The second-order valence-corrected chi connectivity index (χ2v) is 6.75. The fourth-order valence-electron chi connectivity index (χ4n) is 3.61. The summed E-state index contributed by atoms with van der Waals surface area (Å²) >= 11 is 0. The minimum atomic E-state index is -0.716. The van der Waals surface area contributed by atoms with Crippen molar-refractivity contribution in [1.29, 1.82) is 0 Å². The van der Waals surface area contributed by atoms with E-state index in [0.717, 1.165) is 26.1 Å². The molecule has 0 saturated carbocycles. The molecule has 0 aliphatic carbocycles. The van der Waals surface area contributed by atoms with Crippen molar-refractivity contribution in [3.8, 4) is 0 Å². The van der Waals surface area contributed by atoms with E-state index >= 15 is 0 Å². The Bertz CT molecular complexity index is 839. The molecule has 1 aliphatic heterocycles. The maximum absolute atomic E-state index is 12.8. The van der Waals surface area contributed by atoms with Gasteiger partial charge in [0.05, 0.1) is 11.8 Å². The van der Waals surface area contributed by atoms with Gasteiger partial charge in [0.15, 0.2) is 0 Å². The van der Waals surface area contributed by atoms with Gasteiger partial charge in [-0.1, -0.05) is 44.2 Å². The molecule has 6 nitrogen and oxygen atoms in total. The van der Waals surface area contributed by atoms with Gasteiger partial charge in [0.1, 0.15) is 17.6 Å². The molecule has 1 atom stereocenters. The number of ketones is 1. The standard InChI is InChI=1S/C22H26N2O4/c1-3-23(4-2)13-9-14-24-19(17-12-8-15-28-17)18(21(26)22(24)27)20(25)16-10-6-5-7-11-16/h5-8,10-12,15,19,25H,3-4,9,13-14H2,1-2H3/b20-18+/t19-/m0/s1. The lowest BCUT2D eigenvalue weighted by atomic mass is 9.99. The Morgan fingerprint density at radius 2 is 1.82 bits per heavy atom. The molecular weight excluding hydrogens is 356 g/mol. The number of carbonyl (C=O) groups is 2. The number of benzene rings is 1. The largest absolute Gasteiger partial charge is 0.507 e. The Labute approximate surface area is 165 Å². The quantitative estimate of drug-likeness (QED) is 0.430. The first kappa shape index (κ1) is 19.9. The minimum absolute atomic E-state index is 0.0778. The summed E-state index contributed by atoms with van der Waals surface area (Å²) in [7, 11) is 0. The van der Waals surface area contributed by atoms with Crippen LogP contribution >= 0.6 is 0 Å². The zero-order chi connectivity index (χ0) is 20.1. The average Bonchev–Trinajstić information content (AvgIpc) is 3.33. The number of Topliss-reactive ketones (excluding diaryl/α,β-unsaturated/α-hetero) is 1. The number of likely N-dealkylation sites (tertiary alicyclic amines) is 1. The summed E-state index contributed by atoms with van der Waals surface area (Å²) in [6.07, 6.45) is 2.24. The maximum Gasteiger partial charge on any atom is 0.295 e. The molecule has 1 amide bonds. The third kappa shape index (κ3) is 3.87. The van der Waals surface area contributed by atoms with E-state index in [9.17, 15) is 14.7 Å². The molecule has 2 aromatic rings. The Morgan fingerprint density at radius 1 is 1.11 bits per heavy atom. The van der Waals surface area contributed by atoms with Crippen molar-refractivity contribution in [3.63, 3.8) is 0 Å². The molecule has 0 radical (unpaired) electrons. The Balaban J connectivity index is 1.94. The molecule has 1 aromatic heterocycles. The number of nitrogens with zero attached hydrogens (tertiary/aromatic N) is 2. The van der Waals surface area contributed by atoms with Crippen molar-refractivity contribution in [3.05, 3.63) is 65.6 Å². The predicted octanol–water partition coefficient (Wildman–Crippen LogP) is 3.43. The van der Waals surface area contributed by atoms with Crippen LogP contribution in [0.5, 0.6) is 0 Å². The summed E-state index contributed by atoms with van der Waals surface area (Å²) in [5.41, 5.74) is 0.578. The number of carbonyl (C=O) groups excluding carboxylic acids is 2. The van der Waals surface area contributed by atoms with Gasteiger partial charge in [-0.05, 0) is 38.2 Å². The predicted molar refractivity (Wildman–Crippen MR) is 107 cm³/mol. The van der Waals surface area contributed by atoms with E-state index in [2.05, 4.69) is 18.7 Å². The van der Waals surface area contributed by atoms with Gasteiger partial charge in [0, 0.05) is 12.1 Å². The van der Waals surface area contributed by atoms with Gasteiger partial charge < -0.3 is 19.3 Å². The normalized spacial score (nSPS) is 19.0. The van der Waals surface area contributed by atoms with Crippen molar-refractivity contribution in [2.75, 3.05) is 26.2 Å². The molecule has 0 bridgehead atoms. The molecule has 1 aromatic carbocycles. The lowest BCUT2D eigenvalue weighted by Crippen LogP contribution is -2.33. The highest BCUT2D eigenvalue weighted by Gasteiger charge is 2.47. The molecule has 0 unspecified atom stereocenters. The zero-order valence-electron chi connectivity index (χ0n) is 16.3. The Kier molecular flexibility index (Phi) is 6.31. The van der Waals surface area contributed by atoms with Crippen molar-refractivity contribution in [1.82, 2.24) is 9.80 Å². The van der Waals surface area contributed by atoms with E-state index in [0.29, 0.717) is 17.9 Å². The van der Waals surface area contributed by atoms with Crippen LogP contribution in [0.15, 0.2) is 58.7 Å². The molecule has 1 aliphatic rings. The van der Waals surface area contributed by atoms with Crippen LogP contribution in [0.4, 0.5) is 0 Å². The minimum Gasteiger partial charge on any atom is -0.507 e. The lowest BCUT2D eigenvalue weighted by Gasteiger charge is -2.25. The Morgan fingerprint density at radius 3 is 2.43 bits per heavy atom. The molecule has 1 fully saturated rings. The molecular formula is C22H26N2O4. The van der Waals surface area contributed by atoms with Gasteiger partial charge in [-0.25, -0.2) is 0 Å². The van der Waals surface area contributed by atoms with Crippen LogP contribution < -0.4 is 0 Å². The van der Waals surface area contributed by atoms with Crippen molar-refractivity contribution in [2.24, 2.45) is 0 Å². The van der Waals surface area contributed by atoms with Crippen LogP contribution in [0, 0.1) is 0 Å². The summed E-state index contributed by atoms with van der Waals surface area (Å²) in [5, 5.41) is 10.8. The topological polar surface area (TPSA) is 74.0 Å². The van der Waals surface area contributed by atoms with Gasteiger partial charge in [0.2, 0.25) is 0 Å². The molecule has 28 heavy (non-hydrogen) atoms. The first-order valence-electron chi connectivity index (χ1n) is 9.68. The van der Waals surface area contributed by atoms with Gasteiger partial charge in [0.25, 0.3) is 11.7 Å². The van der Waals surface area contributed by atoms with Crippen LogP contribution in [0.1, 0.15) is 37.6 Å². The maximum atomic E-state index is 12.8. The molecule has 1 saturated heterocycles. The highest BCUT2D eigenvalue weighted by Crippen LogP contribution is 2.39. The van der Waals surface area contributed by atoms with E-state index < -0.39 is 17.7 Å². The zero-order valence-corrected chi connectivity index (χ0v) is 16.3. The van der Waals surface area contributed by atoms with Crippen LogP contribution in [0.2, 0.25) is 0 Å². The first-order valence-corrected chi connectivity index (χ1v) is 9.68.